The summed E-state index contributed by atoms with van der Waals surface area (Å²) >= 11 is 0. The highest BCUT2D eigenvalue weighted by Gasteiger charge is 2.22. The average Bonchev–Trinajstić information content (AvgIpc) is 2.58. The van der Waals surface area contributed by atoms with Crippen LogP contribution in [0.5, 0.6) is 0 Å². The molecule has 0 aromatic heterocycles. The molecule has 0 amide bonds. The molecule has 5 heteroatoms. The molecule has 0 fully saturated rings. The molecule has 0 radical (unpaired) electrons. The SMILES string of the molecule is CC(CCOC(=O)c1ccc(F)cc1C(=O)OCCC(C)CC(C)(C)C)CC(C)(C)C. The minimum atomic E-state index is -0.699. The highest BCUT2D eigenvalue weighted by Crippen LogP contribution is 2.27. The number of ether oxygens (including phenoxy) is 2. The number of carbonyl (C=O) groups excluding carboxylic acids is 2. The summed E-state index contributed by atoms with van der Waals surface area (Å²) in [7, 11) is 0. The molecule has 0 aliphatic rings. The Bertz CT molecular complexity index is 728. The van der Waals surface area contributed by atoms with Crippen molar-refractivity contribution in [3.05, 3.63) is 35.1 Å². The summed E-state index contributed by atoms with van der Waals surface area (Å²) in [6.07, 6.45) is 3.47. The van der Waals surface area contributed by atoms with Crippen molar-refractivity contribution in [2.45, 2.75) is 81.1 Å². The average molecular weight is 437 g/mol. The van der Waals surface area contributed by atoms with Gasteiger partial charge in [0, 0.05) is 0 Å². The van der Waals surface area contributed by atoms with Gasteiger partial charge in [0.05, 0.1) is 24.3 Å². The van der Waals surface area contributed by atoms with Crippen molar-refractivity contribution < 1.29 is 23.5 Å². The lowest BCUT2D eigenvalue weighted by Crippen LogP contribution is -2.18. The zero-order valence-electron chi connectivity index (χ0n) is 20.6. The fourth-order valence-corrected chi connectivity index (χ4v) is 4.02. The minimum absolute atomic E-state index is 0.0395. The van der Waals surface area contributed by atoms with E-state index in [0.717, 1.165) is 31.4 Å². The maximum absolute atomic E-state index is 13.8. The number of halogens is 1. The Hall–Kier alpha value is -1.91. The number of esters is 2. The molecule has 1 aromatic rings. The van der Waals surface area contributed by atoms with Crippen molar-refractivity contribution in [2.24, 2.45) is 22.7 Å². The van der Waals surface area contributed by atoms with Gasteiger partial charge in [-0.2, -0.15) is 0 Å². The van der Waals surface area contributed by atoms with Crippen LogP contribution in [-0.2, 0) is 9.47 Å². The van der Waals surface area contributed by atoms with Crippen LogP contribution in [-0.4, -0.2) is 25.2 Å². The van der Waals surface area contributed by atoms with Gasteiger partial charge in [-0.3, -0.25) is 0 Å². The largest absolute Gasteiger partial charge is 0.462 e. The quantitative estimate of drug-likeness (QED) is 0.368. The molecule has 0 spiro atoms. The first kappa shape index (κ1) is 27.1. The summed E-state index contributed by atoms with van der Waals surface area (Å²) in [6, 6.07) is 3.48. The Labute approximate surface area is 187 Å². The summed E-state index contributed by atoms with van der Waals surface area (Å²) < 4.78 is 24.5. The molecule has 4 nitrogen and oxygen atoms in total. The Kier molecular flexibility index (Phi) is 10.2. The van der Waals surface area contributed by atoms with E-state index < -0.39 is 17.8 Å². The van der Waals surface area contributed by atoms with E-state index in [4.69, 9.17) is 9.47 Å². The van der Waals surface area contributed by atoms with Crippen molar-refractivity contribution >= 4 is 11.9 Å². The maximum Gasteiger partial charge on any atom is 0.339 e. The molecular formula is C26H41FO4. The molecular weight excluding hydrogens is 395 g/mol. The second-order valence-corrected chi connectivity index (χ2v) is 11.3. The van der Waals surface area contributed by atoms with E-state index in [2.05, 4.69) is 55.4 Å². The molecule has 176 valence electrons. The second-order valence-electron chi connectivity index (χ2n) is 11.3. The first-order valence-electron chi connectivity index (χ1n) is 11.3. The number of rotatable bonds is 10. The van der Waals surface area contributed by atoms with Crippen molar-refractivity contribution in [3.63, 3.8) is 0 Å². The van der Waals surface area contributed by atoms with Gasteiger partial charge in [0.15, 0.2) is 0 Å². The first-order valence-corrected chi connectivity index (χ1v) is 11.3. The topological polar surface area (TPSA) is 52.6 Å². The van der Waals surface area contributed by atoms with Crippen LogP contribution in [0, 0.1) is 28.5 Å². The third-order valence-corrected chi connectivity index (χ3v) is 5.03. The summed E-state index contributed by atoms with van der Waals surface area (Å²) in [5.74, 6) is -1.13. The normalized spacial score (nSPS) is 14.1. The summed E-state index contributed by atoms with van der Waals surface area (Å²) in [5, 5.41) is 0. The number of hydrogen-bond donors (Lipinski definition) is 0. The smallest absolute Gasteiger partial charge is 0.339 e. The number of carbonyl (C=O) groups is 2. The molecule has 0 saturated heterocycles. The number of benzene rings is 1. The molecule has 0 saturated carbocycles. The summed E-state index contributed by atoms with van der Waals surface area (Å²) in [5.41, 5.74) is 0.364. The van der Waals surface area contributed by atoms with Crippen LogP contribution >= 0.6 is 0 Å². The van der Waals surface area contributed by atoms with Crippen LogP contribution in [0.4, 0.5) is 4.39 Å². The van der Waals surface area contributed by atoms with Crippen LogP contribution in [0.25, 0.3) is 0 Å². The molecule has 1 rings (SSSR count). The van der Waals surface area contributed by atoms with E-state index in [0.29, 0.717) is 18.3 Å². The van der Waals surface area contributed by atoms with Gasteiger partial charge in [0.2, 0.25) is 0 Å². The van der Waals surface area contributed by atoms with Gasteiger partial charge in [0.25, 0.3) is 0 Å². The maximum atomic E-state index is 13.8. The molecule has 1 aromatic carbocycles. The lowest BCUT2D eigenvalue weighted by molar-refractivity contribution is 0.0430. The fraction of sp³-hybridized carbons (Fsp3) is 0.692. The van der Waals surface area contributed by atoms with Gasteiger partial charge < -0.3 is 9.47 Å². The van der Waals surface area contributed by atoms with Gasteiger partial charge in [-0.25, -0.2) is 14.0 Å². The van der Waals surface area contributed by atoms with Gasteiger partial charge >= 0.3 is 11.9 Å². The zero-order valence-corrected chi connectivity index (χ0v) is 20.6. The van der Waals surface area contributed by atoms with Gasteiger partial charge in [-0.1, -0.05) is 55.4 Å². The van der Waals surface area contributed by atoms with Gasteiger partial charge in [-0.05, 0) is 66.5 Å². The van der Waals surface area contributed by atoms with Gasteiger partial charge in [-0.15, -0.1) is 0 Å². The van der Waals surface area contributed by atoms with E-state index in [1.165, 1.54) is 6.07 Å². The standard InChI is InChI=1S/C26H41FO4/c1-18(16-25(3,4)5)11-13-30-23(28)21-10-9-20(27)15-22(21)24(29)31-14-12-19(2)17-26(6,7)8/h9-10,15,18-19H,11-14,16-17H2,1-8H3. The van der Waals surface area contributed by atoms with Crippen LogP contribution in [0.1, 0.15) is 102 Å². The van der Waals surface area contributed by atoms with E-state index in [1.54, 1.807) is 0 Å². The Balaban J connectivity index is 2.67. The molecule has 0 aliphatic carbocycles. The van der Waals surface area contributed by atoms with Crippen molar-refractivity contribution in [2.75, 3.05) is 13.2 Å². The second kappa shape index (κ2) is 11.6. The monoisotopic (exact) mass is 436 g/mol. The molecule has 0 N–H and O–H groups in total. The van der Waals surface area contributed by atoms with Crippen LogP contribution in [0.3, 0.4) is 0 Å². The molecule has 0 heterocycles. The molecule has 0 aliphatic heterocycles. The molecule has 2 atom stereocenters. The van der Waals surface area contributed by atoms with E-state index in [-0.39, 0.29) is 35.2 Å². The highest BCUT2D eigenvalue weighted by atomic mass is 19.1. The van der Waals surface area contributed by atoms with Crippen LogP contribution < -0.4 is 0 Å². The van der Waals surface area contributed by atoms with Crippen LogP contribution in [0.15, 0.2) is 18.2 Å². The summed E-state index contributed by atoms with van der Waals surface area (Å²) in [6.45, 7) is 17.8. The molecule has 31 heavy (non-hydrogen) atoms. The zero-order chi connectivity index (χ0) is 23.8. The third kappa shape index (κ3) is 11.3. The van der Waals surface area contributed by atoms with Crippen molar-refractivity contribution in [1.29, 1.82) is 0 Å². The Morgan fingerprint density at radius 1 is 0.806 bits per heavy atom. The lowest BCUT2D eigenvalue weighted by Gasteiger charge is -2.23. The lowest BCUT2D eigenvalue weighted by atomic mass is 9.84. The minimum Gasteiger partial charge on any atom is -0.462 e. The molecule has 2 unspecified atom stereocenters. The van der Waals surface area contributed by atoms with Crippen molar-refractivity contribution in [1.82, 2.24) is 0 Å². The summed E-state index contributed by atoms with van der Waals surface area (Å²) in [4.78, 5) is 25.1. The number of hydrogen-bond acceptors (Lipinski definition) is 4. The highest BCUT2D eigenvalue weighted by molar-refractivity contribution is 6.03. The fourth-order valence-electron chi connectivity index (χ4n) is 4.02. The van der Waals surface area contributed by atoms with E-state index >= 15 is 0 Å². The Morgan fingerprint density at radius 3 is 1.65 bits per heavy atom. The first-order chi connectivity index (χ1) is 14.2. The van der Waals surface area contributed by atoms with E-state index in [9.17, 15) is 14.0 Å². The predicted octanol–water partition coefficient (Wildman–Crippen LogP) is 7.06. The third-order valence-electron chi connectivity index (χ3n) is 5.03. The Morgan fingerprint density at radius 2 is 1.23 bits per heavy atom. The van der Waals surface area contributed by atoms with E-state index in [1.807, 2.05) is 0 Å². The van der Waals surface area contributed by atoms with Crippen molar-refractivity contribution in [3.8, 4) is 0 Å². The van der Waals surface area contributed by atoms with Crippen LogP contribution in [0.2, 0.25) is 0 Å². The predicted molar refractivity (Wildman–Crippen MR) is 123 cm³/mol. The molecule has 0 bridgehead atoms. The van der Waals surface area contributed by atoms with Gasteiger partial charge in [0.1, 0.15) is 5.82 Å².